The number of carbonyl (C=O) groups is 2. The predicted octanol–water partition coefficient (Wildman–Crippen LogP) is 1.23. The topological polar surface area (TPSA) is 81.1 Å². The number of carbonyl (C=O) groups excluding carboxylic acids is 2. The molecule has 1 rings (SSSR count). The monoisotopic (exact) mass is 252 g/mol. The molecule has 0 aromatic heterocycles. The van der Waals surface area contributed by atoms with Crippen LogP contribution in [-0.2, 0) is 0 Å². The number of nitrogens with zero attached hydrogens (tertiary/aromatic N) is 2. The van der Waals surface area contributed by atoms with Crippen LogP contribution in [0.25, 0.3) is 0 Å². The zero-order chi connectivity index (χ0) is 14.0. The highest BCUT2D eigenvalue weighted by Gasteiger charge is 2.18. The van der Waals surface area contributed by atoms with E-state index in [9.17, 15) is 9.59 Å². The lowest BCUT2D eigenvalue weighted by atomic mass is 9.99. The lowest BCUT2D eigenvalue weighted by Crippen LogP contribution is -2.26. The molecule has 98 valence electrons. The summed E-state index contributed by atoms with van der Waals surface area (Å²) < 4.78 is 0. The minimum Gasteiger partial charge on any atom is -0.286 e. The Morgan fingerprint density at radius 2 is 1.17 bits per heavy atom. The number of hydroxylamine groups is 4. The molecule has 0 atom stereocenters. The van der Waals surface area contributed by atoms with Gasteiger partial charge in [-0.15, -0.1) is 0 Å². The van der Waals surface area contributed by atoms with Crippen molar-refractivity contribution in [2.24, 2.45) is 0 Å². The molecule has 0 saturated carbocycles. The van der Waals surface area contributed by atoms with Crippen LogP contribution in [0.3, 0.4) is 0 Å². The Morgan fingerprint density at radius 1 is 0.889 bits per heavy atom. The van der Waals surface area contributed by atoms with Gasteiger partial charge in [-0.1, -0.05) is 0 Å². The van der Waals surface area contributed by atoms with Crippen LogP contribution in [0.1, 0.15) is 31.8 Å². The molecule has 1 aromatic rings. The molecular formula is C12H16N2O4. The third-order valence-electron chi connectivity index (χ3n) is 2.62. The van der Waals surface area contributed by atoms with E-state index in [4.69, 9.17) is 10.4 Å². The van der Waals surface area contributed by atoms with E-state index in [1.54, 1.807) is 13.8 Å². The highest BCUT2D eigenvalue weighted by molar-refractivity contribution is 5.99. The van der Waals surface area contributed by atoms with Gasteiger partial charge in [-0.3, -0.25) is 20.0 Å². The van der Waals surface area contributed by atoms with Crippen molar-refractivity contribution in [3.63, 3.8) is 0 Å². The first-order valence-corrected chi connectivity index (χ1v) is 5.30. The molecule has 0 saturated heterocycles. The maximum absolute atomic E-state index is 11.7. The first-order chi connectivity index (χ1) is 8.25. The number of aryl methyl sites for hydroxylation is 2. The number of amides is 2. The van der Waals surface area contributed by atoms with Crippen LogP contribution in [0.4, 0.5) is 0 Å². The largest absolute Gasteiger partial charge is 0.286 e. The maximum Gasteiger partial charge on any atom is 0.277 e. The summed E-state index contributed by atoms with van der Waals surface area (Å²) >= 11 is 0. The van der Waals surface area contributed by atoms with Gasteiger partial charge in [-0.05, 0) is 37.1 Å². The Kier molecular flexibility index (Phi) is 4.05. The summed E-state index contributed by atoms with van der Waals surface area (Å²) in [5.41, 5.74) is 1.73. The standard InChI is InChI=1S/C12H16N2O4/c1-7-5-10(12(16)14(4)18)8(2)6-9(7)11(15)13(3)17/h5-6,17-18H,1-4H3. The van der Waals surface area contributed by atoms with E-state index in [1.165, 1.54) is 26.2 Å². The van der Waals surface area contributed by atoms with Crippen LogP contribution in [-0.4, -0.2) is 46.5 Å². The van der Waals surface area contributed by atoms with Gasteiger partial charge in [0.2, 0.25) is 0 Å². The molecule has 0 fully saturated rings. The van der Waals surface area contributed by atoms with Gasteiger partial charge in [-0.2, -0.15) is 0 Å². The lowest BCUT2D eigenvalue weighted by molar-refractivity contribution is -0.0379. The molecule has 2 amide bonds. The molecule has 6 heteroatoms. The Morgan fingerprint density at radius 3 is 1.39 bits per heavy atom. The SMILES string of the molecule is Cc1cc(C(=O)N(C)O)c(C)cc1C(=O)N(C)O. The minimum atomic E-state index is -0.549. The van der Waals surface area contributed by atoms with Gasteiger partial charge in [-0.25, -0.2) is 10.1 Å². The summed E-state index contributed by atoms with van der Waals surface area (Å²) in [5.74, 6) is -1.10. The minimum absolute atomic E-state index is 0.314. The molecule has 0 heterocycles. The Labute approximate surface area is 105 Å². The normalized spacial score (nSPS) is 10.1. The Bertz CT molecular complexity index is 449. The van der Waals surface area contributed by atoms with Gasteiger partial charge in [0, 0.05) is 25.2 Å². The zero-order valence-electron chi connectivity index (χ0n) is 10.8. The summed E-state index contributed by atoms with van der Waals surface area (Å²) in [7, 11) is 2.47. The number of hydrogen-bond acceptors (Lipinski definition) is 4. The second-order valence-corrected chi connectivity index (χ2v) is 4.14. The third-order valence-corrected chi connectivity index (χ3v) is 2.62. The van der Waals surface area contributed by atoms with E-state index in [-0.39, 0.29) is 0 Å². The first kappa shape index (κ1) is 14.1. The smallest absolute Gasteiger partial charge is 0.277 e. The summed E-state index contributed by atoms with van der Waals surface area (Å²) in [6.07, 6.45) is 0. The fraction of sp³-hybridized carbons (Fsp3) is 0.333. The van der Waals surface area contributed by atoms with Crippen molar-refractivity contribution in [3.05, 3.63) is 34.4 Å². The van der Waals surface area contributed by atoms with Crippen LogP contribution in [0, 0.1) is 13.8 Å². The van der Waals surface area contributed by atoms with Crippen LogP contribution < -0.4 is 0 Å². The average molecular weight is 252 g/mol. The number of rotatable bonds is 2. The van der Waals surface area contributed by atoms with E-state index < -0.39 is 11.8 Å². The lowest BCUT2D eigenvalue weighted by Gasteiger charge is -2.15. The predicted molar refractivity (Wildman–Crippen MR) is 63.7 cm³/mol. The molecule has 0 aliphatic heterocycles. The van der Waals surface area contributed by atoms with Gasteiger partial charge in [0.15, 0.2) is 0 Å². The van der Waals surface area contributed by atoms with Crippen molar-refractivity contribution < 1.29 is 20.0 Å². The van der Waals surface area contributed by atoms with Crippen molar-refractivity contribution in [2.45, 2.75) is 13.8 Å². The maximum atomic E-state index is 11.7. The molecule has 1 aromatic carbocycles. The molecular weight excluding hydrogens is 236 g/mol. The van der Waals surface area contributed by atoms with Gasteiger partial charge >= 0.3 is 0 Å². The van der Waals surface area contributed by atoms with Crippen LogP contribution in [0.15, 0.2) is 12.1 Å². The first-order valence-electron chi connectivity index (χ1n) is 5.30. The van der Waals surface area contributed by atoms with Crippen LogP contribution in [0.2, 0.25) is 0 Å². The van der Waals surface area contributed by atoms with E-state index >= 15 is 0 Å². The van der Waals surface area contributed by atoms with Crippen molar-refractivity contribution in [2.75, 3.05) is 14.1 Å². The Balaban J connectivity index is 3.29. The van der Waals surface area contributed by atoms with Crippen molar-refractivity contribution in [1.82, 2.24) is 10.1 Å². The summed E-state index contributed by atoms with van der Waals surface area (Å²) in [6, 6.07) is 3.03. The fourth-order valence-corrected chi connectivity index (χ4v) is 1.63. The Hall–Kier alpha value is -1.92. The molecule has 18 heavy (non-hydrogen) atoms. The number of benzene rings is 1. The second kappa shape index (κ2) is 5.16. The van der Waals surface area contributed by atoms with Crippen LogP contribution >= 0.6 is 0 Å². The van der Waals surface area contributed by atoms with Crippen molar-refractivity contribution in [3.8, 4) is 0 Å². The van der Waals surface area contributed by atoms with Crippen LogP contribution in [0.5, 0.6) is 0 Å². The third kappa shape index (κ3) is 2.66. The zero-order valence-corrected chi connectivity index (χ0v) is 10.8. The average Bonchev–Trinajstić information content (AvgIpc) is 2.29. The number of hydrogen-bond donors (Lipinski definition) is 2. The molecule has 0 aliphatic carbocycles. The van der Waals surface area contributed by atoms with Crippen molar-refractivity contribution in [1.29, 1.82) is 0 Å². The summed E-state index contributed by atoms with van der Waals surface area (Å²) in [5, 5.41) is 19.2. The molecule has 0 aliphatic rings. The second-order valence-electron chi connectivity index (χ2n) is 4.14. The molecule has 6 nitrogen and oxygen atoms in total. The van der Waals surface area contributed by atoms with Gasteiger partial charge in [0.1, 0.15) is 0 Å². The highest BCUT2D eigenvalue weighted by atomic mass is 16.5. The highest BCUT2D eigenvalue weighted by Crippen LogP contribution is 2.18. The molecule has 2 N–H and O–H groups in total. The van der Waals surface area contributed by atoms with E-state index in [1.807, 2.05) is 0 Å². The van der Waals surface area contributed by atoms with Crippen molar-refractivity contribution >= 4 is 11.8 Å². The van der Waals surface area contributed by atoms with E-state index in [2.05, 4.69) is 0 Å². The quantitative estimate of drug-likeness (QED) is 0.612. The molecule has 0 spiro atoms. The fourth-order valence-electron chi connectivity index (χ4n) is 1.63. The summed E-state index contributed by atoms with van der Waals surface area (Å²) in [6.45, 7) is 3.31. The molecule has 0 unspecified atom stereocenters. The van der Waals surface area contributed by atoms with E-state index in [0.29, 0.717) is 32.4 Å². The molecule has 0 bridgehead atoms. The van der Waals surface area contributed by atoms with Gasteiger partial charge in [0.05, 0.1) is 0 Å². The van der Waals surface area contributed by atoms with E-state index in [0.717, 1.165) is 0 Å². The summed E-state index contributed by atoms with van der Waals surface area (Å²) in [4.78, 5) is 23.3. The van der Waals surface area contributed by atoms with Gasteiger partial charge < -0.3 is 0 Å². The van der Waals surface area contributed by atoms with Gasteiger partial charge in [0.25, 0.3) is 11.8 Å². The molecule has 0 radical (unpaired) electrons.